The van der Waals surface area contributed by atoms with Crippen molar-refractivity contribution in [2.24, 2.45) is 0 Å². The molecule has 0 saturated carbocycles. The lowest BCUT2D eigenvalue weighted by Gasteiger charge is -1.78. The molecule has 0 aromatic rings. The SMILES string of the molecule is CC(=O)NO.O=CO. The van der Waals surface area contributed by atoms with E-state index < -0.39 is 5.91 Å². The van der Waals surface area contributed by atoms with Crippen molar-refractivity contribution in [2.75, 3.05) is 0 Å². The van der Waals surface area contributed by atoms with Crippen LogP contribution in [0.3, 0.4) is 0 Å². The Kier molecular flexibility index (Phi) is 11.6. The molecule has 1 amide bonds. The topological polar surface area (TPSA) is 86.6 Å². The van der Waals surface area contributed by atoms with E-state index in [1.165, 1.54) is 12.4 Å². The molecule has 5 heteroatoms. The Hall–Kier alpha value is -1.10. The average Bonchev–Trinajstić information content (AvgIpc) is 1.69. The minimum Gasteiger partial charge on any atom is -0.483 e. The number of hydrogen-bond donors (Lipinski definition) is 3. The van der Waals surface area contributed by atoms with Gasteiger partial charge in [0.2, 0.25) is 5.91 Å². The smallest absolute Gasteiger partial charge is 0.290 e. The van der Waals surface area contributed by atoms with Crippen LogP contribution in [-0.2, 0) is 9.59 Å². The first-order valence-corrected chi connectivity index (χ1v) is 1.67. The molecule has 0 rings (SSSR count). The highest BCUT2D eigenvalue weighted by Gasteiger charge is 1.74. The van der Waals surface area contributed by atoms with Crippen LogP contribution >= 0.6 is 0 Å². The van der Waals surface area contributed by atoms with Crippen LogP contribution in [0.4, 0.5) is 0 Å². The Balaban J connectivity index is 0. The summed E-state index contributed by atoms with van der Waals surface area (Å²) in [6.07, 6.45) is 0. The van der Waals surface area contributed by atoms with Gasteiger partial charge in [-0.15, -0.1) is 0 Å². The fourth-order valence-electron chi connectivity index (χ4n) is 0. The van der Waals surface area contributed by atoms with Crippen molar-refractivity contribution in [1.29, 1.82) is 0 Å². The normalized spacial score (nSPS) is 5.75. The molecule has 0 aliphatic carbocycles. The van der Waals surface area contributed by atoms with E-state index in [-0.39, 0.29) is 6.47 Å². The molecule has 0 spiro atoms. The molecule has 3 N–H and O–H groups in total. The Morgan fingerprint density at radius 2 is 1.88 bits per heavy atom. The molecule has 0 unspecified atom stereocenters. The van der Waals surface area contributed by atoms with E-state index in [2.05, 4.69) is 0 Å². The van der Waals surface area contributed by atoms with Crippen LogP contribution in [0.5, 0.6) is 0 Å². The van der Waals surface area contributed by atoms with E-state index in [0.717, 1.165) is 0 Å². The molecule has 0 aromatic carbocycles. The molecule has 0 radical (unpaired) electrons. The van der Waals surface area contributed by atoms with Gasteiger partial charge in [-0.25, -0.2) is 5.48 Å². The first-order valence-electron chi connectivity index (χ1n) is 1.67. The third-order valence-corrected chi connectivity index (χ3v) is 0.157. The average molecular weight is 121 g/mol. The Morgan fingerprint density at radius 1 is 1.75 bits per heavy atom. The summed E-state index contributed by atoms with van der Waals surface area (Å²) in [5, 5.41) is 14.4. The maximum Gasteiger partial charge on any atom is 0.290 e. The molecule has 0 fully saturated rings. The number of nitrogens with one attached hydrogen (secondary N) is 1. The molecule has 0 heterocycles. The Morgan fingerprint density at radius 3 is 1.88 bits per heavy atom. The lowest BCUT2D eigenvalue weighted by Crippen LogP contribution is -2.12. The third-order valence-electron chi connectivity index (χ3n) is 0.157. The van der Waals surface area contributed by atoms with Crippen molar-refractivity contribution in [3.05, 3.63) is 0 Å². The van der Waals surface area contributed by atoms with Crippen molar-refractivity contribution in [3.8, 4) is 0 Å². The molecule has 8 heavy (non-hydrogen) atoms. The van der Waals surface area contributed by atoms with Crippen LogP contribution in [0, 0.1) is 0 Å². The highest BCUT2D eigenvalue weighted by molar-refractivity contribution is 5.71. The number of hydroxylamine groups is 1. The fraction of sp³-hybridized carbons (Fsp3) is 0.333. The first kappa shape index (κ1) is 10.0. The molecular formula is C3H7NO4. The summed E-state index contributed by atoms with van der Waals surface area (Å²) < 4.78 is 0. The summed E-state index contributed by atoms with van der Waals surface area (Å²) in [6, 6.07) is 0. The molecule has 0 aromatic heterocycles. The number of amides is 1. The number of rotatable bonds is 0. The molecular weight excluding hydrogens is 114 g/mol. The van der Waals surface area contributed by atoms with Crippen LogP contribution in [0.25, 0.3) is 0 Å². The first-order chi connectivity index (χ1) is 3.68. The van der Waals surface area contributed by atoms with Gasteiger partial charge < -0.3 is 5.11 Å². The molecule has 0 bridgehead atoms. The summed E-state index contributed by atoms with van der Waals surface area (Å²) in [5.41, 5.74) is 1.39. The Bertz CT molecular complexity index is 71.7. The van der Waals surface area contributed by atoms with Crippen LogP contribution < -0.4 is 5.48 Å². The molecule has 0 atom stereocenters. The lowest BCUT2D eigenvalue weighted by molar-refractivity contribution is -0.127. The third kappa shape index (κ3) is 92.0. The van der Waals surface area contributed by atoms with Gasteiger partial charge in [-0.1, -0.05) is 0 Å². The van der Waals surface area contributed by atoms with Crippen LogP contribution in [0.15, 0.2) is 0 Å². The van der Waals surface area contributed by atoms with Crippen molar-refractivity contribution in [1.82, 2.24) is 5.48 Å². The zero-order valence-corrected chi connectivity index (χ0v) is 4.29. The highest BCUT2D eigenvalue weighted by atomic mass is 16.5. The standard InChI is InChI=1S/C2H5NO2.CH2O2/c1-2(4)3-5;2-1-3/h5H,1H3,(H,3,4);1H,(H,2,3). The van der Waals surface area contributed by atoms with Crippen molar-refractivity contribution < 1.29 is 19.9 Å². The van der Waals surface area contributed by atoms with E-state index in [0.29, 0.717) is 0 Å². The quantitative estimate of drug-likeness (QED) is 0.223. The minimum atomic E-state index is -0.440. The predicted molar refractivity (Wildman–Crippen MR) is 24.3 cm³/mol. The van der Waals surface area contributed by atoms with E-state index >= 15 is 0 Å². The van der Waals surface area contributed by atoms with Crippen molar-refractivity contribution >= 4 is 12.4 Å². The number of hydrogen-bond acceptors (Lipinski definition) is 3. The van der Waals surface area contributed by atoms with Gasteiger partial charge in [-0.05, 0) is 0 Å². The zero-order chi connectivity index (χ0) is 6.99. The van der Waals surface area contributed by atoms with Crippen LogP contribution in [0.1, 0.15) is 6.92 Å². The second kappa shape index (κ2) is 9.31. The second-order valence-corrected chi connectivity index (χ2v) is 0.773. The van der Waals surface area contributed by atoms with Gasteiger partial charge in [0, 0.05) is 6.92 Å². The van der Waals surface area contributed by atoms with E-state index in [9.17, 15) is 4.79 Å². The van der Waals surface area contributed by atoms with Crippen molar-refractivity contribution in [2.45, 2.75) is 6.92 Å². The van der Waals surface area contributed by atoms with Gasteiger partial charge in [-0.3, -0.25) is 14.8 Å². The molecule has 48 valence electrons. The second-order valence-electron chi connectivity index (χ2n) is 0.773. The molecule has 0 aliphatic rings. The maximum atomic E-state index is 9.45. The van der Waals surface area contributed by atoms with E-state index in [1.54, 1.807) is 0 Å². The highest BCUT2D eigenvalue weighted by Crippen LogP contribution is 1.44. The van der Waals surface area contributed by atoms with Gasteiger partial charge in [0.25, 0.3) is 6.47 Å². The summed E-state index contributed by atoms with van der Waals surface area (Å²) in [4.78, 5) is 17.8. The molecule has 0 saturated heterocycles. The van der Waals surface area contributed by atoms with Gasteiger partial charge >= 0.3 is 0 Å². The van der Waals surface area contributed by atoms with Crippen LogP contribution in [-0.4, -0.2) is 22.7 Å². The van der Waals surface area contributed by atoms with Crippen molar-refractivity contribution in [3.63, 3.8) is 0 Å². The summed E-state index contributed by atoms with van der Waals surface area (Å²) in [6.45, 7) is 0.972. The fourth-order valence-corrected chi connectivity index (χ4v) is 0. The summed E-state index contributed by atoms with van der Waals surface area (Å²) in [7, 11) is 0. The van der Waals surface area contributed by atoms with Gasteiger partial charge in [0.1, 0.15) is 0 Å². The monoisotopic (exact) mass is 121 g/mol. The van der Waals surface area contributed by atoms with Crippen LogP contribution in [0.2, 0.25) is 0 Å². The van der Waals surface area contributed by atoms with Gasteiger partial charge in [0.05, 0.1) is 0 Å². The lowest BCUT2D eigenvalue weighted by atomic mass is 10.8. The van der Waals surface area contributed by atoms with Gasteiger partial charge in [0.15, 0.2) is 0 Å². The molecule has 5 nitrogen and oxygen atoms in total. The number of carbonyl (C=O) groups excluding carboxylic acids is 1. The number of carbonyl (C=O) groups is 2. The van der Waals surface area contributed by atoms with Gasteiger partial charge in [-0.2, -0.15) is 0 Å². The summed E-state index contributed by atoms with van der Waals surface area (Å²) in [5.74, 6) is -0.440. The minimum absolute atomic E-state index is 0.250. The molecule has 0 aliphatic heterocycles. The Labute approximate surface area is 45.9 Å². The van der Waals surface area contributed by atoms with E-state index in [1.807, 2.05) is 0 Å². The summed E-state index contributed by atoms with van der Waals surface area (Å²) >= 11 is 0. The van der Waals surface area contributed by atoms with E-state index in [4.69, 9.17) is 15.1 Å². The predicted octanol–water partition coefficient (Wildman–Crippen LogP) is -0.788. The zero-order valence-electron chi connectivity index (χ0n) is 4.29. The largest absolute Gasteiger partial charge is 0.483 e. The number of carboxylic acid groups (broad SMARTS) is 1. The maximum absolute atomic E-state index is 9.45.